The highest BCUT2D eigenvalue weighted by Gasteiger charge is 2.27. The molecule has 29 heavy (non-hydrogen) atoms. The summed E-state index contributed by atoms with van der Waals surface area (Å²) in [7, 11) is -2.10. The smallest absolute Gasteiger partial charge is 0.243 e. The Kier molecular flexibility index (Phi) is 6.92. The molecule has 1 N–H and O–H groups in total. The van der Waals surface area contributed by atoms with Gasteiger partial charge in [0.05, 0.1) is 23.6 Å². The molecule has 1 fully saturated rings. The van der Waals surface area contributed by atoms with Gasteiger partial charge in [-0.15, -0.1) is 0 Å². The van der Waals surface area contributed by atoms with Crippen molar-refractivity contribution in [1.29, 1.82) is 0 Å². The minimum atomic E-state index is -3.60. The van der Waals surface area contributed by atoms with Crippen LogP contribution in [0.15, 0.2) is 53.4 Å². The van der Waals surface area contributed by atoms with Gasteiger partial charge in [-0.25, -0.2) is 8.42 Å². The van der Waals surface area contributed by atoms with Gasteiger partial charge in [0.1, 0.15) is 5.75 Å². The minimum absolute atomic E-state index is 0.170. The third kappa shape index (κ3) is 4.79. The molecule has 0 aromatic heterocycles. The van der Waals surface area contributed by atoms with Crippen molar-refractivity contribution in [2.75, 3.05) is 25.5 Å². The maximum atomic E-state index is 13.0. The number of nitrogens with zero attached hydrogens (tertiary/aromatic N) is 1. The molecule has 1 aliphatic heterocycles. The van der Waals surface area contributed by atoms with Gasteiger partial charge in [-0.2, -0.15) is 4.31 Å². The van der Waals surface area contributed by atoms with E-state index in [4.69, 9.17) is 4.74 Å². The van der Waals surface area contributed by atoms with E-state index in [1.54, 1.807) is 6.07 Å². The molecule has 0 unspecified atom stereocenters. The molecule has 1 saturated heterocycles. The number of anilines is 1. The molecule has 1 atom stereocenters. The lowest BCUT2D eigenvalue weighted by Gasteiger charge is -2.26. The summed E-state index contributed by atoms with van der Waals surface area (Å²) < 4.78 is 32.9. The van der Waals surface area contributed by atoms with Crippen molar-refractivity contribution in [3.63, 3.8) is 0 Å². The number of hydrogen-bond donors (Lipinski definition) is 1. The first-order valence-corrected chi connectivity index (χ1v) is 11.5. The van der Waals surface area contributed by atoms with E-state index >= 15 is 0 Å². The molecule has 6 nitrogen and oxygen atoms in total. The van der Waals surface area contributed by atoms with Gasteiger partial charge in [0.2, 0.25) is 15.9 Å². The van der Waals surface area contributed by atoms with Gasteiger partial charge >= 0.3 is 0 Å². The van der Waals surface area contributed by atoms with Gasteiger partial charge in [0, 0.05) is 13.1 Å². The molecule has 0 radical (unpaired) electrons. The van der Waals surface area contributed by atoms with Crippen LogP contribution in [0.4, 0.5) is 5.69 Å². The highest BCUT2D eigenvalue weighted by Crippen LogP contribution is 2.31. The highest BCUT2D eigenvalue weighted by atomic mass is 32.2. The normalized spacial score (nSPS) is 16.2. The van der Waals surface area contributed by atoms with E-state index in [-0.39, 0.29) is 16.7 Å². The molecule has 0 spiro atoms. The van der Waals surface area contributed by atoms with Gasteiger partial charge in [0.15, 0.2) is 0 Å². The predicted molar refractivity (Wildman–Crippen MR) is 114 cm³/mol. The van der Waals surface area contributed by atoms with E-state index in [0.29, 0.717) is 30.9 Å². The summed E-state index contributed by atoms with van der Waals surface area (Å²) in [4.78, 5) is 13.1. The number of amides is 1. The average molecular weight is 417 g/mol. The second-order valence-corrected chi connectivity index (χ2v) is 9.13. The summed E-state index contributed by atoms with van der Waals surface area (Å²) in [6.45, 7) is 3.01. The van der Waals surface area contributed by atoms with Crippen molar-refractivity contribution >= 4 is 21.6 Å². The average Bonchev–Trinajstić information content (AvgIpc) is 2.75. The predicted octanol–water partition coefficient (Wildman–Crippen LogP) is 4.00. The van der Waals surface area contributed by atoms with Gasteiger partial charge in [-0.1, -0.05) is 43.7 Å². The Balaban J connectivity index is 1.88. The molecule has 7 heteroatoms. The van der Waals surface area contributed by atoms with E-state index in [1.165, 1.54) is 23.5 Å². The molecule has 3 rings (SSSR count). The minimum Gasteiger partial charge on any atom is -0.495 e. The first-order chi connectivity index (χ1) is 14.0. The molecule has 0 bridgehead atoms. The number of rotatable bonds is 7. The lowest BCUT2D eigenvalue weighted by molar-refractivity contribution is -0.117. The summed E-state index contributed by atoms with van der Waals surface area (Å²) in [5, 5.41) is 2.88. The van der Waals surface area contributed by atoms with Crippen LogP contribution in [0.2, 0.25) is 0 Å². The molecule has 156 valence electrons. The molecule has 0 saturated carbocycles. The van der Waals surface area contributed by atoms with E-state index in [0.717, 1.165) is 24.8 Å². The van der Waals surface area contributed by atoms with Crippen LogP contribution in [0.1, 0.15) is 44.1 Å². The topological polar surface area (TPSA) is 75.7 Å². The Morgan fingerprint density at radius 2 is 1.79 bits per heavy atom. The molecular weight excluding hydrogens is 388 g/mol. The van der Waals surface area contributed by atoms with Crippen LogP contribution >= 0.6 is 0 Å². The third-order valence-corrected chi connectivity index (χ3v) is 7.20. The Bertz CT molecular complexity index is 939. The number of ether oxygens (including phenoxy) is 1. The lowest BCUT2D eigenvalue weighted by atomic mass is 9.95. The Morgan fingerprint density at radius 3 is 2.41 bits per heavy atom. The zero-order valence-corrected chi connectivity index (χ0v) is 17.7. The molecule has 2 aromatic carbocycles. The number of hydrogen-bond acceptors (Lipinski definition) is 4. The number of carbonyl (C=O) groups is 1. The van der Waals surface area contributed by atoms with Crippen molar-refractivity contribution in [1.82, 2.24) is 4.31 Å². The SMILES string of the molecule is CC[C@H](C(=O)Nc1cc(S(=O)(=O)N2CCCCC2)ccc1OC)c1ccccc1. The van der Waals surface area contributed by atoms with E-state index in [2.05, 4.69) is 5.32 Å². The van der Waals surface area contributed by atoms with Crippen molar-refractivity contribution < 1.29 is 17.9 Å². The number of piperidine rings is 1. The van der Waals surface area contributed by atoms with Gasteiger partial charge < -0.3 is 10.1 Å². The molecular formula is C22H28N2O4S. The standard InChI is InChI=1S/C22H28N2O4S/c1-3-19(17-10-6-4-7-11-17)22(25)23-20-16-18(12-13-21(20)28-2)29(26,27)24-14-8-5-9-15-24/h4,6-7,10-13,16,19H,3,5,8-9,14-15H2,1-2H3,(H,23,25)/t19-/m0/s1. The lowest BCUT2D eigenvalue weighted by Crippen LogP contribution is -2.35. The van der Waals surface area contributed by atoms with Gasteiger partial charge in [0.25, 0.3) is 0 Å². The maximum Gasteiger partial charge on any atom is 0.243 e. The van der Waals surface area contributed by atoms with Gasteiger partial charge in [-0.3, -0.25) is 4.79 Å². The van der Waals surface area contributed by atoms with E-state index < -0.39 is 10.0 Å². The van der Waals surface area contributed by atoms with Crippen LogP contribution in [0.25, 0.3) is 0 Å². The molecule has 1 heterocycles. The zero-order valence-electron chi connectivity index (χ0n) is 16.9. The number of methoxy groups -OCH3 is 1. The van der Waals surface area contributed by atoms with Crippen LogP contribution in [0.3, 0.4) is 0 Å². The Morgan fingerprint density at radius 1 is 1.10 bits per heavy atom. The summed E-state index contributed by atoms with van der Waals surface area (Å²) in [6, 6.07) is 14.2. The summed E-state index contributed by atoms with van der Waals surface area (Å²) in [5.74, 6) is -0.0911. The monoisotopic (exact) mass is 416 g/mol. The number of carbonyl (C=O) groups excluding carboxylic acids is 1. The quantitative estimate of drug-likeness (QED) is 0.740. The van der Waals surface area contributed by atoms with E-state index in [9.17, 15) is 13.2 Å². The van der Waals surface area contributed by atoms with Crippen LogP contribution in [0, 0.1) is 0 Å². The van der Waals surface area contributed by atoms with Crippen LogP contribution in [-0.2, 0) is 14.8 Å². The molecule has 1 aliphatic rings. The van der Waals surface area contributed by atoms with Crippen molar-refractivity contribution in [2.24, 2.45) is 0 Å². The first kappa shape index (κ1) is 21.3. The summed E-state index contributed by atoms with van der Waals surface area (Å²) in [5.41, 5.74) is 1.29. The maximum absolute atomic E-state index is 13.0. The van der Waals surface area contributed by atoms with Crippen molar-refractivity contribution in [2.45, 2.75) is 43.4 Å². The molecule has 1 amide bonds. The van der Waals surface area contributed by atoms with Crippen LogP contribution in [0.5, 0.6) is 5.75 Å². The van der Waals surface area contributed by atoms with Crippen LogP contribution in [-0.4, -0.2) is 38.8 Å². The van der Waals surface area contributed by atoms with Crippen molar-refractivity contribution in [3.8, 4) is 5.75 Å². The fourth-order valence-corrected chi connectivity index (χ4v) is 5.22. The number of nitrogens with one attached hydrogen (secondary N) is 1. The molecule has 0 aliphatic carbocycles. The Labute approximate surface area is 172 Å². The van der Waals surface area contributed by atoms with Crippen LogP contribution < -0.4 is 10.1 Å². The summed E-state index contributed by atoms with van der Waals surface area (Å²) >= 11 is 0. The van der Waals surface area contributed by atoms with E-state index in [1.807, 2.05) is 37.3 Å². The molecule has 2 aromatic rings. The largest absolute Gasteiger partial charge is 0.495 e. The number of sulfonamides is 1. The third-order valence-electron chi connectivity index (χ3n) is 5.31. The highest BCUT2D eigenvalue weighted by molar-refractivity contribution is 7.89. The zero-order chi connectivity index (χ0) is 20.9. The van der Waals surface area contributed by atoms with Crippen molar-refractivity contribution in [3.05, 3.63) is 54.1 Å². The number of benzene rings is 2. The Hall–Kier alpha value is -2.38. The second-order valence-electron chi connectivity index (χ2n) is 7.19. The second kappa shape index (κ2) is 9.41. The van der Waals surface area contributed by atoms with Gasteiger partial charge in [-0.05, 0) is 43.0 Å². The fourth-order valence-electron chi connectivity index (χ4n) is 3.68. The fraction of sp³-hybridized carbons (Fsp3) is 0.409. The summed E-state index contributed by atoms with van der Waals surface area (Å²) in [6.07, 6.45) is 3.42. The first-order valence-electron chi connectivity index (χ1n) is 10.0.